The van der Waals surface area contributed by atoms with Gasteiger partial charge in [-0.05, 0) is 69.4 Å². The number of halogens is 1. The van der Waals surface area contributed by atoms with Crippen molar-refractivity contribution in [3.05, 3.63) is 70.5 Å². The van der Waals surface area contributed by atoms with E-state index in [2.05, 4.69) is 16.3 Å². The highest BCUT2D eigenvalue weighted by atomic mass is 19.1. The van der Waals surface area contributed by atoms with Crippen LogP contribution in [0.25, 0.3) is 0 Å². The summed E-state index contributed by atoms with van der Waals surface area (Å²) < 4.78 is 13.1. The number of hydrogen-bond donors (Lipinski definition) is 1. The third-order valence-corrected chi connectivity index (χ3v) is 6.80. The van der Waals surface area contributed by atoms with E-state index in [1.807, 2.05) is 43.0 Å². The second-order valence-electron chi connectivity index (χ2n) is 9.65. The van der Waals surface area contributed by atoms with Crippen LogP contribution in [0.3, 0.4) is 0 Å². The number of aryl methyl sites for hydroxylation is 2. The molecule has 2 aromatic carbocycles. The van der Waals surface area contributed by atoms with Crippen molar-refractivity contribution in [1.82, 2.24) is 15.1 Å². The summed E-state index contributed by atoms with van der Waals surface area (Å²) in [5.74, 6) is -0.263. The molecule has 2 heterocycles. The van der Waals surface area contributed by atoms with Crippen molar-refractivity contribution < 1.29 is 14.0 Å². The van der Waals surface area contributed by atoms with Gasteiger partial charge in [-0.1, -0.05) is 29.3 Å². The van der Waals surface area contributed by atoms with Gasteiger partial charge in [0.25, 0.3) is 5.91 Å². The third-order valence-electron chi connectivity index (χ3n) is 6.80. The molecule has 1 atom stereocenters. The van der Waals surface area contributed by atoms with E-state index in [1.165, 1.54) is 12.1 Å². The predicted octanol–water partition coefficient (Wildman–Crippen LogP) is 4.08. The minimum Gasteiger partial charge on any atom is -0.353 e. The highest BCUT2D eigenvalue weighted by Gasteiger charge is 2.31. The van der Waals surface area contributed by atoms with Gasteiger partial charge in [0, 0.05) is 44.3 Å². The summed E-state index contributed by atoms with van der Waals surface area (Å²) in [6.45, 7) is 7.81. The highest BCUT2D eigenvalue weighted by Crippen LogP contribution is 2.21. The molecule has 2 saturated heterocycles. The van der Waals surface area contributed by atoms with Gasteiger partial charge in [-0.3, -0.25) is 14.5 Å². The predicted molar refractivity (Wildman–Crippen MR) is 127 cm³/mol. The van der Waals surface area contributed by atoms with Crippen molar-refractivity contribution in [2.45, 2.75) is 52.1 Å². The Morgan fingerprint density at radius 3 is 2.30 bits per heavy atom. The molecule has 33 heavy (non-hydrogen) atoms. The van der Waals surface area contributed by atoms with Gasteiger partial charge in [0.2, 0.25) is 5.91 Å². The Labute approximate surface area is 196 Å². The lowest BCUT2D eigenvalue weighted by molar-refractivity contribution is -0.127. The Morgan fingerprint density at radius 1 is 0.970 bits per heavy atom. The lowest BCUT2D eigenvalue weighted by atomic mass is 9.95. The van der Waals surface area contributed by atoms with Crippen LogP contribution in [-0.2, 0) is 11.3 Å². The zero-order valence-electron chi connectivity index (χ0n) is 19.6. The molecule has 0 radical (unpaired) electrons. The summed E-state index contributed by atoms with van der Waals surface area (Å²) >= 11 is 0. The van der Waals surface area contributed by atoms with E-state index in [1.54, 1.807) is 0 Å². The molecular weight excluding hydrogens is 417 g/mol. The maximum Gasteiger partial charge on any atom is 0.253 e. The van der Waals surface area contributed by atoms with Crippen molar-refractivity contribution in [3.8, 4) is 0 Å². The topological polar surface area (TPSA) is 52.7 Å². The Morgan fingerprint density at radius 2 is 1.64 bits per heavy atom. The summed E-state index contributed by atoms with van der Waals surface area (Å²) in [6.07, 6.45) is 3.49. The molecule has 2 aliphatic rings. The van der Waals surface area contributed by atoms with Crippen LogP contribution in [0.5, 0.6) is 0 Å². The van der Waals surface area contributed by atoms with Gasteiger partial charge in [0.15, 0.2) is 0 Å². The minimum atomic E-state index is -0.211. The number of nitrogens with one attached hydrogen (secondary N) is 1. The zero-order valence-corrected chi connectivity index (χ0v) is 19.6. The first-order valence-corrected chi connectivity index (χ1v) is 12.0. The molecule has 1 unspecified atom stereocenters. The van der Waals surface area contributed by atoms with Gasteiger partial charge in [-0.2, -0.15) is 0 Å². The summed E-state index contributed by atoms with van der Waals surface area (Å²) in [6, 6.07) is 12.8. The van der Waals surface area contributed by atoms with Crippen LogP contribution in [0.15, 0.2) is 42.5 Å². The van der Waals surface area contributed by atoms with Crippen molar-refractivity contribution in [2.75, 3.05) is 26.2 Å². The van der Waals surface area contributed by atoms with Crippen LogP contribution in [0.1, 0.15) is 52.7 Å². The van der Waals surface area contributed by atoms with Crippen molar-refractivity contribution >= 4 is 11.8 Å². The SMILES string of the molecule is Cc1cc(C)cc(C(=O)N2CCCC(C(=O)NC3CCN(Cc4ccc(F)cc4)CC3)C2)c1. The average Bonchev–Trinajstić information content (AvgIpc) is 2.81. The highest BCUT2D eigenvalue weighted by molar-refractivity contribution is 5.95. The lowest BCUT2D eigenvalue weighted by Gasteiger charge is -2.35. The number of piperidine rings is 2. The van der Waals surface area contributed by atoms with E-state index in [4.69, 9.17) is 0 Å². The number of nitrogens with zero attached hydrogens (tertiary/aromatic N) is 2. The van der Waals surface area contributed by atoms with Gasteiger partial charge < -0.3 is 10.2 Å². The molecule has 4 rings (SSSR count). The molecule has 6 heteroatoms. The number of carbonyl (C=O) groups excluding carboxylic acids is 2. The van der Waals surface area contributed by atoms with E-state index in [9.17, 15) is 14.0 Å². The van der Waals surface area contributed by atoms with E-state index in [0.29, 0.717) is 18.7 Å². The maximum absolute atomic E-state index is 13.1. The van der Waals surface area contributed by atoms with Crippen molar-refractivity contribution in [1.29, 1.82) is 0 Å². The average molecular weight is 452 g/mol. The van der Waals surface area contributed by atoms with Crippen LogP contribution < -0.4 is 5.32 Å². The summed E-state index contributed by atoms with van der Waals surface area (Å²) in [4.78, 5) is 30.2. The van der Waals surface area contributed by atoms with E-state index < -0.39 is 0 Å². The number of likely N-dealkylation sites (tertiary alicyclic amines) is 2. The van der Waals surface area contributed by atoms with Gasteiger partial charge >= 0.3 is 0 Å². The first kappa shape index (κ1) is 23.4. The Balaban J connectivity index is 1.26. The number of rotatable bonds is 5. The zero-order chi connectivity index (χ0) is 23.4. The van der Waals surface area contributed by atoms with Gasteiger partial charge in [0.05, 0.1) is 5.92 Å². The molecule has 0 aliphatic carbocycles. The number of hydrogen-bond acceptors (Lipinski definition) is 3. The van der Waals surface area contributed by atoms with Crippen LogP contribution in [-0.4, -0.2) is 53.8 Å². The van der Waals surface area contributed by atoms with E-state index >= 15 is 0 Å². The summed E-state index contributed by atoms with van der Waals surface area (Å²) in [5.41, 5.74) is 3.97. The van der Waals surface area contributed by atoms with Gasteiger partial charge in [-0.25, -0.2) is 4.39 Å². The molecular formula is C27H34FN3O2. The molecule has 2 aliphatic heterocycles. The third kappa shape index (κ3) is 6.20. The van der Waals surface area contributed by atoms with Gasteiger partial charge in [-0.15, -0.1) is 0 Å². The smallest absolute Gasteiger partial charge is 0.253 e. The minimum absolute atomic E-state index is 0.0217. The molecule has 2 fully saturated rings. The number of carbonyl (C=O) groups is 2. The molecule has 5 nitrogen and oxygen atoms in total. The molecule has 1 N–H and O–H groups in total. The monoisotopic (exact) mass is 451 g/mol. The fraction of sp³-hybridized carbons (Fsp3) is 0.481. The Bertz CT molecular complexity index is 963. The molecule has 176 valence electrons. The second-order valence-corrected chi connectivity index (χ2v) is 9.65. The van der Waals surface area contributed by atoms with Crippen LogP contribution >= 0.6 is 0 Å². The fourth-order valence-electron chi connectivity index (χ4n) is 5.06. The molecule has 2 aromatic rings. The Kier molecular flexibility index (Phi) is 7.43. The first-order valence-electron chi connectivity index (χ1n) is 12.0. The molecule has 0 saturated carbocycles. The first-order chi connectivity index (χ1) is 15.9. The van der Waals surface area contributed by atoms with Crippen LogP contribution in [0.4, 0.5) is 4.39 Å². The fourth-order valence-corrected chi connectivity index (χ4v) is 5.06. The van der Waals surface area contributed by atoms with E-state index in [0.717, 1.165) is 62.0 Å². The summed E-state index contributed by atoms with van der Waals surface area (Å²) in [5, 5.41) is 3.24. The van der Waals surface area contributed by atoms with Crippen molar-refractivity contribution in [2.24, 2.45) is 5.92 Å². The maximum atomic E-state index is 13.1. The van der Waals surface area contributed by atoms with E-state index in [-0.39, 0.29) is 29.6 Å². The quantitative estimate of drug-likeness (QED) is 0.746. The molecule has 0 aromatic heterocycles. The Hall–Kier alpha value is -2.73. The van der Waals surface area contributed by atoms with Gasteiger partial charge in [0.1, 0.15) is 5.82 Å². The molecule has 0 bridgehead atoms. The summed E-state index contributed by atoms with van der Waals surface area (Å²) in [7, 11) is 0. The largest absolute Gasteiger partial charge is 0.353 e. The number of amides is 2. The molecule has 2 amide bonds. The second kappa shape index (κ2) is 10.5. The normalized spacial score (nSPS) is 20.0. The lowest BCUT2D eigenvalue weighted by Crippen LogP contribution is -2.50. The van der Waals surface area contributed by atoms with Crippen LogP contribution in [0.2, 0.25) is 0 Å². The molecule has 0 spiro atoms. The van der Waals surface area contributed by atoms with Crippen molar-refractivity contribution in [3.63, 3.8) is 0 Å². The number of benzene rings is 2. The van der Waals surface area contributed by atoms with Crippen LogP contribution in [0, 0.1) is 25.6 Å². The standard InChI is InChI=1S/C27H34FN3O2/c1-19-14-20(2)16-23(15-19)27(33)31-11-3-4-22(18-31)26(32)29-25-9-12-30(13-10-25)17-21-5-7-24(28)8-6-21/h5-8,14-16,22,25H,3-4,9-13,17-18H2,1-2H3,(H,29,32).